The Labute approximate surface area is 83.9 Å². The average Bonchev–Trinajstić information content (AvgIpc) is 2.46. The highest BCUT2D eigenvalue weighted by molar-refractivity contribution is 7.16. The van der Waals surface area contributed by atoms with Crippen LogP contribution in [0.15, 0.2) is 6.07 Å². The van der Waals surface area contributed by atoms with Crippen LogP contribution >= 0.6 is 11.3 Å². The molecule has 14 heavy (non-hydrogen) atoms. The van der Waals surface area contributed by atoms with Crippen LogP contribution in [0.5, 0.6) is 0 Å². The zero-order valence-corrected chi connectivity index (χ0v) is 8.14. The number of aromatic carboxylic acids is 1. The molecule has 1 aromatic heterocycles. The van der Waals surface area contributed by atoms with Crippen LogP contribution in [0.1, 0.15) is 21.5 Å². The van der Waals surface area contributed by atoms with Gasteiger partial charge in [-0.15, -0.1) is 11.3 Å². The van der Waals surface area contributed by atoms with Crippen molar-refractivity contribution < 1.29 is 14.7 Å². The van der Waals surface area contributed by atoms with E-state index in [4.69, 9.17) is 10.5 Å². The summed E-state index contributed by atoms with van der Waals surface area (Å²) in [7, 11) is 0. The molecule has 5 nitrogen and oxygen atoms in total. The number of nitrogens with one attached hydrogen (secondary N) is 2. The topological polar surface area (TPSA) is 90.2 Å². The van der Waals surface area contributed by atoms with Gasteiger partial charge in [0.1, 0.15) is 4.88 Å². The van der Waals surface area contributed by atoms with Gasteiger partial charge in [0.25, 0.3) is 0 Å². The van der Waals surface area contributed by atoms with Crippen molar-refractivity contribution in [1.82, 2.24) is 0 Å². The van der Waals surface area contributed by atoms with Gasteiger partial charge in [-0.05, 0) is 6.07 Å². The fourth-order valence-electron chi connectivity index (χ4n) is 0.905. The number of thiophene rings is 1. The predicted molar refractivity (Wildman–Crippen MR) is 53.5 cm³/mol. The monoisotopic (exact) mass is 212 g/mol. The first-order chi connectivity index (χ1) is 6.54. The number of hydrogen-bond donors (Lipinski definition) is 3. The van der Waals surface area contributed by atoms with Crippen molar-refractivity contribution in [2.45, 2.75) is 6.92 Å². The molecule has 1 aromatic rings. The molecule has 0 saturated carbocycles. The van der Waals surface area contributed by atoms with Gasteiger partial charge >= 0.3 is 5.97 Å². The molecule has 0 unspecified atom stereocenters. The second-order valence-electron chi connectivity index (χ2n) is 2.52. The van der Waals surface area contributed by atoms with Crippen LogP contribution in [-0.2, 0) is 4.79 Å². The quantitative estimate of drug-likeness (QED) is 0.661. The third kappa shape index (κ3) is 2.17. The molecule has 0 saturated heterocycles. The van der Waals surface area contributed by atoms with E-state index < -0.39 is 5.97 Å². The minimum Gasteiger partial charge on any atom is -0.477 e. The van der Waals surface area contributed by atoms with E-state index in [0.29, 0.717) is 10.6 Å². The molecule has 0 aliphatic heterocycles. The summed E-state index contributed by atoms with van der Waals surface area (Å²) in [5, 5.41) is 18.2. The molecule has 0 aromatic carbocycles. The number of carboxylic acids is 1. The number of hydrogen-bond acceptors (Lipinski definition) is 4. The molecule has 3 N–H and O–H groups in total. The number of carboxylic acid groups (broad SMARTS) is 1. The fraction of sp³-hybridized carbons (Fsp3) is 0.125. The van der Waals surface area contributed by atoms with Crippen molar-refractivity contribution in [2.75, 3.05) is 5.32 Å². The zero-order valence-electron chi connectivity index (χ0n) is 7.33. The summed E-state index contributed by atoms with van der Waals surface area (Å²) in [5.41, 5.74) is 0.370. The summed E-state index contributed by atoms with van der Waals surface area (Å²) < 4.78 is 0. The van der Waals surface area contributed by atoms with Crippen molar-refractivity contribution in [1.29, 1.82) is 5.41 Å². The van der Waals surface area contributed by atoms with Gasteiger partial charge in [0, 0.05) is 13.1 Å². The maximum atomic E-state index is 10.7. The van der Waals surface area contributed by atoms with Crippen LogP contribution in [0.3, 0.4) is 0 Å². The highest BCUT2D eigenvalue weighted by Gasteiger charge is 2.12. The second kappa shape index (κ2) is 4.01. The molecule has 1 amide bonds. The third-order valence-electron chi connectivity index (χ3n) is 1.41. The van der Waals surface area contributed by atoms with Crippen LogP contribution in [0.2, 0.25) is 0 Å². The standard InChI is InChI=1S/C8H8N2O3S/c1-4(11)10-5-2-6(8(12)13)14-7(5)3-9/h2-3,9H,1H3,(H,10,11)(H,12,13). The van der Waals surface area contributed by atoms with E-state index in [1.807, 2.05) is 0 Å². The Morgan fingerprint density at radius 1 is 1.64 bits per heavy atom. The first-order valence-corrected chi connectivity index (χ1v) is 4.51. The van der Waals surface area contributed by atoms with Crippen LogP contribution in [0.4, 0.5) is 5.69 Å². The molecular formula is C8H8N2O3S. The van der Waals surface area contributed by atoms with Gasteiger partial charge in [-0.25, -0.2) is 4.79 Å². The Hall–Kier alpha value is -1.69. The first-order valence-electron chi connectivity index (χ1n) is 3.69. The van der Waals surface area contributed by atoms with E-state index in [9.17, 15) is 9.59 Å². The molecule has 0 fully saturated rings. The van der Waals surface area contributed by atoms with Gasteiger partial charge in [-0.1, -0.05) is 0 Å². The number of anilines is 1. The number of amides is 1. The Morgan fingerprint density at radius 2 is 2.29 bits per heavy atom. The summed E-state index contributed by atoms with van der Waals surface area (Å²) >= 11 is 0.952. The van der Waals surface area contributed by atoms with E-state index in [2.05, 4.69) is 5.32 Å². The lowest BCUT2D eigenvalue weighted by molar-refractivity contribution is -0.114. The number of rotatable bonds is 3. The molecule has 74 valence electrons. The van der Waals surface area contributed by atoms with Crippen molar-refractivity contribution in [3.05, 3.63) is 15.8 Å². The molecule has 1 rings (SSSR count). The molecule has 0 aliphatic rings. The Bertz CT molecular complexity index is 397. The zero-order chi connectivity index (χ0) is 10.7. The van der Waals surface area contributed by atoms with Crippen LogP contribution in [0, 0.1) is 5.41 Å². The Morgan fingerprint density at radius 3 is 2.71 bits per heavy atom. The Balaban J connectivity index is 3.08. The van der Waals surface area contributed by atoms with Crippen molar-refractivity contribution in [3.63, 3.8) is 0 Å². The summed E-state index contributed by atoms with van der Waals surface area (Å²) in [4.78, 5) is 21.9. The highest BCUT2D eigenvalue weighted by atomic mass is 32.1. The molecule has 0 bridgehead atoms. The van der Waals surface area contributed by atoms with E-state index in [0.717, 1.165) is 17.6 Å². The largest absolute Gasteiger partial charge is 0.477 e. The summed E-state index contributed by atoms with van der Waals surface area (Å²) in [6.45, 7) is 1.33. The van der Waals surface area contributed by atoms with E-state index in [1.54, 1.807) is 0 Å². The lowest BCUT2D eigenvalue weighted by Crippen LogP contribution is -2.06. The first kappa shape index (κ1) is 10.4. The van der Waals surface area contributed by atoms with E-state index >= 15 is 0 Å². The second-order valence-corrected chi connectivity index (χ2v) is 3.60. The fourth-order valence-corrected chi connectivity index (χ4v) is 1.68. The van der Waals surface area contributed by atoms with E-state index in [-0.39, 0.29) is 10.8 Å². The third-order valence-corrected chi connectivity index (χ3v) is 2.48. The molecule has 1 heterocycles. The van der Waals surface area contributed by atoms with Crippen molar-refractivity contribution in [2.24, 2.45) is 0 Å². The average molecular weight is 212 g/mol. The SMILES string of the molecule is CC(=O)Nc1cc(C(=O)O)sc1C=N. The summed E-state index contributed by atoms with van der Waals surface area (Å²) in [6, 6.07) is 1.34. The number of carbonyl (C=O) groups excluding carboxylic acids is 1. The summed E-state index contributed by atoms with van der Waals surface area (Å²) in [5.74, 6) is -1.35. The lowest BCUT2D eigenvalue weighted by atomic mass is 10.3. The smallest absolute Gasteiger partial charge is 0.345 e. The van der Waals surface area contributed by atoms with Gasteiger partial charge in [-0.2, -0.15) is 0 Å². The molecule has 6 heteroatoms. The molecule has 0 radical (unpaired) electrons. The lowest BCUT2D eigenvalue weighted by Gasteiger charge is -1.97. The number of carbonyl (C=O) groups is 2. The van der Waals surface area contributed by atoms with Crippen molar-refractivity contribution >= 4 is 35.1 Å². The van der Waals surface area contributed by atoms with Crippen molar-refractivity contribution in [3.8, 4) is 0 Å². The van der Waals surface area contributed by atoms with Crippen LogP contribution in [0.25, 0.3) is 0 Å². The maximum Gasteiger partial charge on any atom is 0.345 e. The summed E-state index contributed by atoms with van der Waals surface area (Å²) in [6.07, 6.45) is 1.02. The highest BCUT2D eigenvalue weighted by Crippen LogP contribution is 2.25. The molecule has 0 atom stereocenters. The molecule has 0 spiro atoms. The molecular weight excluding hydrogens is 204 g/mol. The van der Waals surface area contributed by atoms with Gasteiger partial charge in [0.05, 0.1) is 10.6 Å². The minimum absolute atomic E-state index is 0.104. The molecule has 0 aliphatic carbocycles. The van der Waals surface area contributed by atoms with Crippen LogP contribution in [-0.4, -0.2) is 23.2 Å². The van der Waals surface area contributed by atoms with Gasteiger partial charge < -0.3 is 15.8 Å². The maximum absolute atomic E-state index is 10.7. The Kier molecular flexibility index (Phi) is 2.98. The minimum atomic E-state index is -1.06. The van der Waals surface area contributed by atoms with Crippen LogP contribution < -0.4 is 5.32 Å². The normalized spacial score (nSPS) is 9.50. The van der Waals surface area contributed by atoms with Gasteiger partial charge in [-0.3, -0.25) is 4.79 Å². The predicted octanol–water partition coefficient (Wildman–Crippen LogP) is 1.40. The van der Waals surface area contributed by atoms with E-state index in [1.165, 1.54) is 13.0 Å². The van der Waals surface area contributed by atoms with Gasteiger partial charge in [0.15, 0.2) is 0 Å². The van der Waals surface area contributed by atoms with Gasteiger partial charge in [0.2, 0.25) is 5.91 Å².